The molecule has 0 aromatic carbocycles. The molecule has 0 unspecified atom stereocenters. The predicted octanol–water partition coefficient (Wildman–Crippen LogP) is 2.08. The molecule has 94 valence electrons. The van der Waals surface area contributed by atoms with Crippen LogP contribution in [0, 0.1) is 0 Å². The van der Waals surface area contributed by atoms with Crippen LogP contribution in [0.4, 0.5) is 5.13 Å². The van der Waals surface area contributed by atoms with Gasteiger partial charge in [0.2, 0.25) is 0 Å². The van der Waals surface area contributed by atoms with Gasteiger partial charge in [-0.25, -0.2) is 9.78 Å². The van der Waals surface area contributed by atoms with E-state index in [1.165, 1.54) is 12.6 Å². The van der Waals surface area contributed by atoms with Crippen molar-refractivity contribution in [3.05, 3.63) is 17.8 Å². The van der Waals surface area contributed by atoms with E-state index in [0.29, 0.717) is 17.8 Å². The van der Waals surface area contributed by atoms with Crippen molar-refractivity contribution in [2.45, 2.75) is 13.3 Å². The molecular formula is C12H13N3O2S. The van der Waals surface area contributed by atoms with Crippen LogP contribution in [0.1, 0.15) is 23.7 Å². The fourth-order valence-electron chi connectivity index (χ4n) is 1.78. The number of hydrogen-bond acceptors (Lipinski definition) is 6. The van der Waals surface area contributed by atoms with Gasteiger partial charge in [-0.15, -0.1) is 0 Å². The number of ether oxygens (including phenoxy) is 1. The summed E-state index contributed by atoms with van der Waals surface area (Å²) in [4.78, 5) is 22.5. The monoisotopic (exact) mass is 263 g/mol. The maximum absolute atomic E-state index is 11.6. The van der Waals surface area contributed by atoms with Gasteiger partial charge in [0.15, 0.2) is 10.8 Å². The molecule has 5 nitrogen and oxygen atoms in total. The minimum Gasteiger partial charge on any atom is -0.462 e. The highest BCUT2D eigenvalue weighted by Crippen LogP contribution is 2.30. The molecule has 1 aliphatic heterocycles. The molecule has 0 atom stereocenters. The number of hydrogen-bond donors (Lipinski definition) is 0. The molecule has 3 heterocycles. The first kappa shape index (κ1) is 11.4. The van der Waals surface area contributed by atoms with Crippen LogP contribution in [0.2, 0.25) is 0 Å². The largest absolute Gasteiger partial charge is 0.462 e. The van der Waals surface area contributed by atoms with Crippen molar-refractivity contribution in [2.75, 3.05) is 24.6 Å². The van der Waals surface area contributed by atoms with Gasteiger partial charge in [0.05, 0.1) is 16.9 Å². The Hall–Kier alpha value is -1.69. The normalized spacial score (nSPS) is 14.6. The van der Waals surface area contributed by atoms with Gasteiger partial charge in [0, 0.05) is 19.3 Å². The van der Waals surface area contributed by atoms with Crippen LogP contribution in [0.5, 0.6) is 0 Å². The SMILES string of the molecule is CCOC(=O)c1cnc2nc(N3CCC3)sc2c1. The Morgan fingerprint density at radius 1 is 1.56 bits per heavy atom. The zero-order valence-electron chi connectivity index (χ0n) is 10.0. The van der Waals surface area contributed by atoms with E-state index in [4.69, 9.17) is 4.74 Å². The molecule has 3 rings (SSSR count). The van der Waals surface area contributed by atoms with E-state index in [2.05, 4.69) is 14.9 Å². The van der Waals surface area contributed by atoms with Crippen LogP contribution in [-0.4, -0.2) is 35.6 Å². The van der Waals surface area contributed by atoms with Crippen molar-refractivity contribution in [1.82, 2.24) is 9.97 Å². The van der Waals surface area contributed by atoms with E-state index in [1.54, 1.807) is 24.3 Å². The highest BCUT2D eigenvalue weighted by Gasteiger charge is 2.19. The molecule has 1 aliphatic rings. The maximum Gasteiger partial charge on any atom is 0.339 e. The summed E-state index contributed by atoms with van der Waals surface area (Å²) in [6.45, 7) is 4.28. The standard InChI is InChI=1S/C12H13N3O2S/c1-2-17-11(16)8-6-9-10(13-7-8)14-12(18-9)15-4-3-5-15/h6-7H,2-5H2,1H3. The number of nitrogens with zero attached hydrogens (tertiary/aromatic N) is 3. The van der Waals surface area contributed by atoms with E-state index >= 15 is 0 Å². The number of carbonyl (C=O) groups excluding carboxylic acids is 1. The fraction of sp³-hybridized carbons (Fsp3) is 0.417. The summed E-state index contributed by atoms with van der Waals surface area (Å²) in [6, 6.07) is 1.81. The number of aromatic nitrogens is 2. The van der Waals surface area contributed by atoms with Gasteiger partial charge in [-0.05, 0) is 19.4 Å². The number of thiazole rings is 1. The lowest BCUT2D eigenvalue weighted by Crippen LogP contribution is -2.36. The number of rotatable bonds is 3. The molecule has 0 aliphatic carbocycles. The van der Waals surface area contributed by atoms with Gasteiger partial charge < -0.3 is 9.64 Å². The Bertz CT molecular complexity index is 592. The van der Waals surface area contributed by atoms with Crippen molar-refractivity contribution < 1.29 is 9.53 Å². The maximum atomic E-state index is 11.6. The van der Waals surface area contributed by atoms with E-state index < -0.39 is 0 Å². The van der Waals surface area contributed by atoms with Crippen molar-refractivity contribution >= 4 is 32.8 Å². The van der Waals surface area contributed by atoms with Gasteiger partial charge >= 0.3 is 5.97 Å². The highest BCUT2D eigenvalue weighted by atomic mass is 32.1. The van der Waals surface area contributed by atoms with Gasteiger partial charge in [0.1, 0.15) is 0 Å². The first-order valence-corrected chi connectivity index (χ1v) is 6.78. The first-order chi connectivity index (χ1) is 8.78. The van der Waals surface area contributed by atoms with Crippen LogP contribution >= 0.6 is 11.3 Å². The van der Waals surface area contributed by atoms with Crippen molar-refractivity contribution in [3.8, 4) is 0 Å². The van der Waals surface area contributed by atoms with Gasteiger partial charge in [-0.2, -0.15) is 4.98 Å². The Kier molecular flexibility index (Phi) is 2.87. The van der Waals surface area contributed by atoms with Crippen LogP contribution in [0.15, 0.2) is 12.3 Å². The van der Waals surface area contributed by atoms with Crippen molar-refractivity contribution in [1.29, 1.82) is 0 Å². The van der Waals surface area contributed by atoms with Gasteiger partial charge in [0.25, 0.3) is 0 Å². The topological polar surface area (TPSA) is 55.3 Å². The molecule has 0 bridgehead atoms. The van der Waals surface area contributed by atoms with Crippen LogP contribution in [-0.2, 0) is 4.74 Å². The molecule has 0 spiro atoms. The van der Waals surface area contributed by atoms with E-state index in [0.717, 1.165) is 22.9 Å². The quantitative estimate of drug-likeness (QED) is 0.793. The lowest BCUT2D eigenvalue weighted by molar-refractivity contribution is 0.0526. The summed E-state index contributed by atoms with van der Waals surface area (Å²) in [6.07, 6.45) is 2.75. The van der Waals surface area contributed by atoms with E-state index in [-0.39, 0.29) is 5.97 Å². The van der Waals surface area contributed by atoms with Crippen LogP contribution in [0.25, 0.3) is 10.3 Å². The molecule has 0 radical (unpaired) electrons. The summed E-state index contributed by atoms with van der Waals surface area (Å²) >= 11 is 1.58. The third kappa shape index (κ3) is 1.92. The molecule has 18 heavy (non-hydrogen) atoms. The number of fused-ring (bicyclic) bond motifs is 1. The molecule has 1 fully saturated rings. The summed E-state index contributed by atoms with van der Waals surface area (Å²) in [5.74, 6) is -0.328. The van der Waals surface area contributed by atoms with Crippen molar-refractivity contribution in [2.24, 2.45) is 0 Å². The third-order valence-corrected chi connectivity index (χ3v) is 3.93. The average Bonchev–Trinajstić information content (AvgIpc) is 2.68. The van der Waals surface area contributed by atoms with E-state index in [1.807, 2.05) is 0 Å². The molecule has 0 N–H and O–H groups in total. The molecule has 6 heteroatoms. The Morgan fingerprint density at radius 2 is 2.39 bits per heavy atom. The van der Waals surface area contributed by atoms with Crippen LogP contribution < -0.4 is 4.90 Å². The van der Waals surface area contributed by atoms with Crippen molar-refractivity contribution in [3.63, 3.8) is 0 Å². The van der Waals surface area contributed by atoms with Gasteiger partial charge in [-0.3, -0.25) is 0 Å². The average molecular weight is 263 g/mol. The lowest BCUT2D eigenvalue weighted by atomic mass is 10.2. The summed E-state index contributed by atoms with van der Waals surface area (Å²) in [5.41, 5.74) is 1.19. The molecule has 0 amide bonds. The molecular weight excluding hydrogens is 250 g/mol. The summed E-state index contributed by atoms with van der Waals surface area (Å²) in [5, 5.41) is 0.991. The third-order valence-electron chi connectivity index (χ3n) is 2.87. The Labute approximate surface area is 108 Å². The fourth-order valence-corrected chi connectivity index (χ4v) is 2.79. The summed E-state index contributed by atoms with van der Waals surface area (Å²) in [7, 11) is 0. The minimum atomic E-state index is -0.328. The second kappa shape index (κ2) is 4.53. The van der Waals surface area contributed by atoms with E-state index in [9.17, 15) is 4.79 Å². The number of anilines is 1. The molecule has 1 saturated heterocycles. The number of esters is 1. The number of pyridine rings is 1. The Balaban J connectivity index is 1.93. The van der Waals surface area contributed by atoms with Gasteiger partial charge in [-0.1, -0.05) is 11.3 Å². The molecule has 2 aromatic rings. The zero-order chi connectivity index (χ0) is 12.5. The first-order valence-electron chi connectivity index (χ1n) is 5.96. The molecule has 0 saturated carbocycles. The predicted molar refractivity (Wildman–Crippen MR) is 70.2 cm³/mol. The second-order valence-corrected chi connectivity index (χ2v) is 5.11. The minimum absolute atomic E-state index is 0.328. The highest BCUT2D eigenvalue weighted by molar-refractivity contribution is 7.22. The second-order valence-electron chi connectivity index (χ2n) is 4.10. The van der Waals surface area contributed by atoms with Crippen LogP contribution in [0.3, 0.4) is 0 Å². The molecule has 2 aromatic heterocycles. The Morgan fingerprint density at radius 3 is 3.06 bits per heavy atom. The summed E-state index contributed by atoms with van der Waals surface area (Å²) < 4.78 is 5.89. The smallest absolute Gasteiger partial charge is 0.339 e. The zero-order valence-corrected chi connectivity index (χ0v) is 10.9. The lowest BCUT2D eigenvalue weighted by Gasteiger charge is -2.29. The number of carbonyl (C=O) groups is 1.